The van der Waals surface area contributed by atoms with E-state index in [1.54, 1.807) is 0 Å². The summed E-state index contributed by atoms with van der Waals surface area (Å²) in [6.07, 6.45) is 3.63. The molecule has 0 aliphatic carbocycles. The van der Waals surface area contributed by atoms with Crippen LogP contribution in [0.5, 0.6) is 0 Å². The molecule has 0 spiro atoms. The number of hydrogen-bond acceptors (Lipinski definition) is 1. The number of rotatable bonds is 7. The number of halogens is 1. The average Bonchev–Trinajstić information content (AvgIpc) is 2.04. The van der Waals surface area contributed by atoms with Gasteiger partial charge in [-0.05, 0) is 18.8 Å². The van der Waals surface area contributed by atoms with E-state index in [1.807, 2.05) is 0 Å². The van der Waals surface area contributed by atoms with Crippen molar-refractivity contribution in [3.63, 3.8) is 0 Å². The lowest BCUT2D eigenvalue weighted by Gasteiger charge is -2.08. The zero-order chi connectivity index (χ0) is 8.53. The third-order valence-electron chi connectivity index (χ3n) is 1.77. The molecule has 0 aromatic heterocycles. The van der Waals surface area contributed by atoms with Crippen LogP contribution in [-0.2, 0) is 4.74 Å². The molecule has 0 radical (unpaired) electrons. The van der Waals surface area contributed by atoms with Gasteiger partial charge in [-0.1, -0.05) is 36.2 Å². The molecular formula is C9H19BrO. The van der Waals surface area contributed by atoms with Crippen LogP contribution in [-0.4, -0.2) is 18.5 Å². The Kier molecular flexibility index (Phi) is 8.88. The largest absolute Gasteiger partial charge is 0.381 e. The van der Waals surface area contributed by atoms with Gasteiger partial charge in [-0.25, -0.2) is 0 Å². The van der Waals surface area contributed by atoms with Gasteiger partial charge in [-0.15, -0.1) is 0 Å². The van der Waals surface area contributed by atoms with Crippen LogP contribution in [0.25, 0.3) is 0 Å². The molecule has 0 fully saturated rings. The summed E-state index contributed by atoms with van der Waals surface area (Å²) in [5, 5.41) is 1.10. The maximum Gasteiger partial charge on any atom is 0.0491 e. The summed E-state index contributed by atoms with van der Waals surface area (Å²) >= 11 is 3.39. The lowest BCUT2D eigenvalue weighted by Crippen LogP contribution is -2.05. The van der Waals surface area contributed by atoms with E-state index in [-0.39, 0.29) is 0 Å². The Morgan fingerprint density at radius 3 is 2.64 bits per heavy atom. The maximum atomic E-state index is 5.47. The minimum absolute atomic E-state index is 0.721. The summed E-state index contributed by atoms with van der Waals surface area (Å²) in [4.78, 5) is 0. The Labute approximate surface area is 78.6 Å². The number of hydrogen-bond donors (Lipinski definition) is 0. The molecule has 0 aliphatic heterocycles. The molecule has 0 heterocycles. The summed E-state index contributed by atoms with van der Waals surface area (Å²) in [5.74, 6) is 0.721. The third kappa shape index (κ3) is 8.35. The molecule has 0 aromatic carbocycles. The molecule has 0 bridgehead atoms. The number of unbranched alkanes of at least 4 members (excludes halogenated alkanes) is 1. The molecule has 0 saturated carbocycles. The van der Waals surface area contributed by atoms with Gasteiger partial charge < -0.3 is 4.74 Å². The molecule has 11 heavy (non-hydrogen) atoms. The van der Waals surface area contributed by atoms with Gasteiger partial charge in [-0.2, -0.15) is 0 Å². The normalized spacial score (nSPS) is 13.4. The van der Waals surface area contributed by atoms with E-state index in [9.17, 15) is 0 Å². The van der Waals surface area contributed by atoms with Crippen LogP contribution < -0.4 is 0 Å². The zero-order valence-corrected chi connectivity index (χ0v) is 9.19. The number of ether oxygens (including phenoxy) is 1. The quantitative estimate of drug-likeness (QED) is 0.475. The lowest BCUT2D eigenvalue weighted by molar-refractivity contribution is 0.101. The van der Waals surface area contributed by atoms with Crippen molar-refractivity contribution in [1.29, 1.82) is 0 Å². The van der Waals surface area contributed by atoms with Crippen molar-refractivity contribution in [2.24, 2.45) is 5.92 Å². The molecule has 0 rings (SSSR count). The second kappa shape index (κ2) is 8.54. The number of alkyl halides is 1. The highest BCUT2D eigenvalue weighted by Gasteiger charge is 1.97. The van der Waals surface area contributed by atoms with Gasteiger partial charge in [0.25, 0.3) is 0 Å². The average molecular weight is 223 g/mol. The third-order valence-corrected chi connectivity index (χ3v) is 2.33. The van der Waals surface area contributed by atoms with Crippen LogP contribution in [0.4, 0.5) is 0 Å². The first-order valence-corrected chi connectivity index (χ1v) is 5.57. The minimum Gasteiger partial charge on any atom is -0.381 e. The first-order valence-electron chi connectivity index (χ1n) is 4.45. The highest BCUT2D eigenvalue weighted by molar-refractivity contribution is 9.09. The summed E-state index contributed by atoms with van der Waals surface area (Å²) in [6, 6.07) is 0. The van der Waals surface area contributed by atoms with Gasteiger partial charge in [0, 0.05) is 18.5 Å². The molecule has 1 nitrogen and oxygen atoms in total. The van der Waals surface area contributed by atoms with E-state index in [1.165, 1.54) is 19.3 Å². The summed E-state index contributed by atoms with van der Waals surface area (Å²) in [5.41, 5.74) is 0. The van der Waals surface area contributed by atoms with Gasteiger partial charge in [0.2, 0.25) is 0 Å². The summed E-state index contributed by atoms with van der Waals surface area (Å²) in [7, 11) is 0. The fraction of sp³-hybridized carbons (Fsp3) is 1.00. The molecule has 0 amide bonds. The minimum atomic E-state index is 0.721. The van der Waals surface area contributed by atoms with Crippen molar-refractivity contribution < 1.29 is 4.74 Å². The molecule has 0 saturated heterocycles. The van der Waals surface area contributed by atoms with Crippen molar-refractivity contribution in [2.75, 3.05) is 18.5 Å². The van der Waals surface area contributed by atoms with Gasteiger partial charge in [0.15, 0.2) is 0 Å². The fourth-order valence-corrected chi connectivity index (χ4v) is 1.10. The molecule has 0 unspecified atom stereocenters. The van der Waals surface area contributed by atoms with E-state index < -0.39 is 0 Å². The summed E-state index contributed by atoms with van der Waals surface area (Å²) < 4.78 is 5.47. The Balaban J connectivity index is 2.89. The molecule has 0 N–H and O–H groups in total. The Bertz CT molecular complexity index is 76.0. The predicted molar refractivity (Wildman–Crippen MR) is 53.3 cm³/mol. The SMILES string of the molecule is CC[C@H](C)COCCCCBr. The van der Waals surface area contributed by atoms with Crippen LogP contribution in [0, 0.1) is 5.92 Å². The highest BCUT2D eigenvalue weighted by Crippen LogP contribution is 2.01. The standard InChI is InChI=1S/C9H19BrO/c1-3-9(2)8-11-7-5-4-6-10/h9H,3-8H2,1-2H3/t9-/m0/s1. The van der Waals surface area contributed by atoms with Crippen LogP contribution in [0.2, 0.25) is 0 Å². The first-order chi connectivity index (χ1) is 5.31. The molecule has 1 atom stereocenters. The fourth-order valence-electron chi connectivity index (χ4n) is 0.701. The van der Waals surface area contributed by atoms with E-state index in [0.29, 0.717) is 0 Å². The second-order valence-corrected chi connectivity index (χ2v) is 3.78. The van der Waals surface area contributed by atoms with Crippen molar-refractivity contribution >= 4 is 15.9 Å². The topological polar surface area (TPSA) is 9.23 Å². The van der Waals surface area contributed by atoms with Gasteiger partial charge in [0.1, 0.15) is 0 Å². The van der Waals surface area contributed by atoms with Crippen LogP contribution in [0.3, 0.4) is 0 Å². The van der Waals surface area contributed by atoms with Crippen molar-refractivity contribution in [2.45, 2.75) is 33.1 Å². The van der Waals surface area contributed by atoms with Gasteiger partial charge in [0.05, 0.1) is 0 Å². The summed E-state index contributed by atoms with van der Waals surface area (Å²) in [6.45, 7) is 6.28. The molecular weight excluding hydrogens is 204 g/mol. The van der Waals surface area contributed by atoms with Crippen LogP contribution >= 0.6 is 15.9 Å². The monoisotopic (exact) mass is 222 g/mol. The lowest BCUT2D eigenvalue weighted by atomic mass is 10.1. The maximum absolute atomic E-state index is 5.47. The van der Waals surface area contributed by atoms with Crippen molar-refractivity contribution in [3.8, 4) is 0 Å². The molecule has 2 heteroatoms. The van der Waals surface area contributed by atoms with E-state index in [0.717, 1.165) is 24.5 Å². The second-order valence-electron chi connectivity index (χ2n) is 2.98. The first kappa shape index (κ1) is 11.4. The van der Waals surface area contributed by atoms with E-state index in [2.05, 4.69) is 29.8 Å². The van der Waals surface area contributed by atoms with Crippen molar-refractivity contribution in [3.05, 3.63) is 0 Å². The van der Waals surface area contributed by atoms with E-state index >= 15 is 0 Å². The molecule has 0 aliphatic rings. The smallest absolute Gasteiger partial charge is 0.0491 e. The van der Waals surface area contributed by atoms with E-state index in [4.69, 9.17) is 4.74 Å². The Morgan fingerprint density at radius 1 is 1.36 bits per heavy atom. The van der Waals surface area contributed by atoms with Gasteiger partial charge >= 0.3 is 0 Å². The van der Waals surface area contributed by atoms with Crippen LogP contribution in [0.15, 0.2) is 0 Å². The molecule has 0 aromatic rings. The van der Waals surface area contributed by atoms with Crippen molar-refractivity contribution in [1.82, 2.24) is 0 Å². The molecule has 68 valence electrons. The predicted octanol–water partition coefficient (Wildman–Crippen LogP) is 3.22. The highest BCUT2D eigenvalue weighted by atomic mass is 79.9. The van der Waals surface area contributed by atoms with Crippen LogP contribution in [0.1, 0.15) is 33.1 Å². The Hall–Kier alpha value is 0.440. The Morgan fingerprint density at radius 2 is 2.09 bits per heavy atom. The van der Waals surface area contributed by atoms with Gasteiger partial charge in [-0.3, -0.25) is 0 Å². The zero-order valence-electron chi connectivity index (χ0n) is 7.61.